The number of hydrogen-bond donors (Lipinski definition) is 2. The molecule has 1 fully saturated rings. The fraction of sp³-hybridized carbons (Fsp3) is 0.700. The van der Waals surface area contributed by atoms with Crippen molar-refractivity contribution in [3.8, 4) is 0 Å². The quantitative estimate of drug-likeness (QED) is 0.789. The van der Waals surface area contributed by atoms with E-state index in [0.717, 1.165) is 0 Å². The van der Waals surface area contributed by atoms with Crippen molar-refractivity contribution in [3.63, 3.8) is 0 Å². The fourth-order valence-corrected chi connectivity index (χ4v) is 3.73. The minimum Gasteiger partial charge on any atom is -0.393 e. The van der Waals surface area contributed by atoms with Crippen molar-refractivity contribution < 1.29 is 13.5 Å². The summed E-state index contributed by atoms with van der Waals surface area (Å²) in [7, 11) is -3.48. The number of nitrogens with zero attached hydrogens (tertiary/aromatic N) is 2. The molecule has 2 atom stereocenters. The number of aliphatic hydroxyl groups excluding tert-OH is 1. The lowest BCUT2D eigenvalue weighted by molar-refractivity contribution is 0.0628. The monoisotopic (exact) mass is 259 g/mol. The Balaban J connectivity index is 2.26. The molecule has 2 rings (SSSR count). The average Bonchev–Trinajstić information content (AvgIpc) is 2.69. The van der Waals surface area contributed by atoms with Gasteiger partial charge in [0.15, 0.2) is 0 Å². The maximum atomic E-state index is 12.3. The van der Waals surface area contributed by atoms with E-state index >= 15 is 0 Å². The zero-order chi connectivity index (χ0) is 12.6. The molecule has 1 aromatic rings. The van der Waals surface area contributed by atoms with Gasteiger partial charge in [-0.1, -0.05) is 6.92 Å². The van der Waals surface area contributed by atoms with Crippen molar-refractivity contribution in [2.75, 3.05) is 13.1 Å². The molecule has 2 N–H and O–H groups in total. The third kappa shape index (κ3) is 2.22. The molecule has 2 heterocycles. The van der Waals surface area contributed by atoms with Gasteiger partial charge in [-0.05, 0) is 19.3 Å². The number of piperidine rings is 1. The third-order valence-electron chi connectivity index (χ3n) is 3.22. The predicted molar refractivity (Wildman–Crippen MR) is 61.9 cm³/mol. The van der Waals surface area contributed by atoms with Crippen LogP contribution in [0, 0.1) is 12.8 Å². The molecule has 17 heavy (non-hydrogen) atoms. The Bertz CT molecular complexity index is 497. The first-order valence-electron chi connectivity index (χ1n) is 5.61. The Morgan fingerprint density at radius 3 is 2.82 bits per heavy atom. The van der Waals surface area contributed by atoms with Crippen LogP contribution in [0.15, 0.2) is 11.1 Å². The molecule has 0 saturated carbocycles. The zero-order valence-corrected chi connectivity index (χ0v) is 10.7. The number of H-pyrrole nitrogens is 1. The molecule has 96 valence electrons. The average molecular weight is 259 g/mol. The number of nitrogens with one attached hydrogen (secondary N) is 1. The summed E-state index contributed by atoms with van der Waals surface area (Å²) in [6.07, 6.45) is 1.41. The molecule has 1 saturated heterocycles. The van der Waals surface area contributed by atoms with Crippen molar-refractivity contribution in [2.45, 2.75) is 31.3 Å². The van der Waals surface area contributed by atoms with Gasteiger partial charge in [-0.15, -0.1) is 0 Å². The molecule has 6 nitrogen and oxygen atoms in total. The van der Waals surface area contributed by atoms with Gasteiger partial charge in [-0.25, -0.2) is 8.42 Å². The summed E-state index contributed by atoms with van der Waals surface area (Å²) in [5, 5.41) is 16.0. The SMILES string of the molecule is Cc1[nH]ncc1S(=O)(=O)N1CCC(O)C(C)C1. The Hall–Kier alpha value is -0.920. The van der Waals surface area contributed by atoms with Gasteiger partial charge in [0.05, 0.1) is 18.0 Å². The summed E-state index contributed by atoms with van der Waals surface area (Å²) >= 11 is 0. The summed E-state index contributed by atoms with van der Waals surface area (Å²) in [4.78, 5) is 0.223. The van der Waals surface area contributed by atoms with Crippen molar-refractivity contribution >= 4 is 10.0 Å². The number of aromatic nitrogens is 2. The van der Waals surface area contributed by atoms with E-state index in [2.05, 4.69) is 10.2 Å². The molecule has 0 bridgehead atoms. The molecule has 1 aliphatic rings. The lowest BCUT2D eigenvalue weighted by Gasteiger charge is -2.33. The lowest BCUT2D eigenvalue weighted by atomic mass is 9.99. The molecule has 0 aromatic carbocycles. The van der Waals surface area contributed by atoms with Crippen LogP contribution in [0.4, 0.5) is 0 Å². The highest BCUT2D eigenvalue weighted by Gasteiger charge is 2.33. The van der Waals surface area contributed by atoms with E-state index in [9.17, 15) is 13.5 Å². The van der Waals surface area contributed by atoms with E-state index in [1.807, 2.05) is 6.92 Å². The summed E-state index contributed by atoms with van der Waals surface area (Å²) in [6.45, 7) is 4.25. The van der Waals surface area contributed by atoms with Crippen LogP contribution in [0.2, 0.25) is 0 Å². The van der Waals surface area contributed by atoms with Gasteiger partial charge in [0.1, 0.15) is 4.90 Å². The normalized spacial score (nSPS) is 27.2. The second-order valence-corrected chi connectivity index (χ2v) is 6.46. The van der Waals surface area contributed by atoms with Crippen LogP contribution >= 0.6 is 0 Å². The van der Waals surface area contributed by atoms with E-state index in [-0.39, 0.29) is 10.8 Å². The summed E-state index contributed by atoms with van der Waals surface area (Å²) in [5.41, 5.74) is 0.545. The highest BCUT2D eigenvalue weighted by Crippen LogP contribution is 2.24. The Labute approximate surface area is 101 Å². The number of aryl methyl sites for hydroxylation is 1. The first-order valence-corrected chi connectivity index (χ1v) is 7.05. The van der Waals surface area contributed by atoms with Gasteiger partial charge in [0.2, 0.25) is 10.0 Å². The van der Waals surface area contributed by atoms with E-state index in [0.29, 0.717) is 25.2 Å². The molecular weight excluding hydrogens is 242 g/mol. The highest BCUT2D eigenvalue weighted by atomic mass is 32.2. The molecule has 0 amide bonds. The minimum absolute atomic E-state index is 0.0364. The minimum atomic E-state index is -3.48. The fourth-order valence-electron chi connectivity index (χ4n) is 2.05. The third-order valence-corrected chi connectivity index (χ3v) is 5.20. The number of aromatic amines is 1. The van der Waals surface area contributed by atoms with Crippen LogP contribution in [0.1, 0.15) is 19.0 Å². The molecule has 1 aliphatic heterocycles. The van der Waals surface area contributed by atoms with Crippen LogP contribution in [-0.2, 0) is 10.0 Å². The van der Waals surface area contributed by atoms with Crippen LogP contribution in [0.3, 0.4) is 0 Å². The van der Waals surface area contributed by atoms with Gasteiger partial charge >= 0.3 is 0 Å². The smallest absolute Gasteiger partial charge is 0.246 e. The molecule has 2 unspecified atom stereocenters. The van der Waals surface area contributed by atoms with E-state index in [1.54, 1.807) is 6.92 Å². The predicted octanol–water partition coefficient (Wildman–Crippen LogP) is 0.110. The summed E-state index contributed by atoms with van der Waals surface area (Å²) in [5.74, 6) is -0.0364. The number of hydrogen-bond acceptors (Lipinski definition) is 4. The van der Waals surface area contributed by atoms with Gasteiger partial charge in [0.25, 0.3) is 0 Å². The second-order valence-electron chi connectivity index (χ2n) is 4.56. The lowest BCUT2D eigenvalue weighted by Crippen LogP contribution is -2.44. The summed E-state index contributed by atoms with van der Waals surface area (Å²) < 4.78 is 26.0. The molecule has 1 aromatic heterocycles. The number of sulfonamides is 1. The van der Waals surface area contributed by atoms with Crippen molar-refractivity contribution in [2.24, 2.45) is 5.92 Å². The first-order chi connectivity index (χ1) is 7.93. The molecule has 7 heteroatoms. The standard InChI is InChI=1S/C10H17N3O3S/c1-7-6-13(4-3-9(7)14)17(15,16)10-5-11-12-8(10)2/h5,7,9,14H,3-4,6H2,1-2H3,(H,11,12). The first kappa shape index (κ1) is 12.5. The second kappa shape index (κ2) is 4.40. The van der Waals surface area contributed by atoms with Crippen molar-refractivity contribution in [1.82, 2.24) is 14.5 Å². The van der Waals surface area contributed by atoms with Crippen LogP contribution < -0.4 is 0 Å². The Morgan fingerprint density at radius 1 is 1.59 bits per heavy atom. The summed E-state index contributed by atoms with van der Waals surface area (Å²) in [6, 6.07) is 0. The maximum Gasteiger partial charge on any atom is 0.246 e. The van der Waals surface area contributed by atoms with E-state index in [4.69, 9.17) is 0 Å². The van der Waals surface area contributed by atoms with Gasteiger partial charge in [0, 0.05) is 13.1 Å². The van der Waals surface area contributed by atoms with Crippen LogP contribution in [-0.4, -0.2) is 47.2 Å². The van der Waals surface area contributed by atoms with E-state index < -0.39 is 16.1 Å². The highest BCUT2D eigenvalue weighted by molar-refractivity contribution is 7.89. The van der Waals surface area contributed by atoms with Crippen molar-refractivity contribution in [3.05, 3.63) is 11.9 Å². The van der Waals surface area contributed by atoms with Crippen molar-refractivity contribution in [1.29, 1.82) is 0 Å². The van der Waals surface area contributed by atoms with Crippen LogP contribution in [0.5, 0.6) is 0 Å². The van der Waals surface area contributed by atoms with Gasteiger partial charge in [-0.2, -0.15) is 9.40 Å². The maximum absolute atomic E-state index is 12.3. The topological polar surface area (TPSA) is 86.3 Å². The van der Waals surface area contributed by atoms with Gasteiger partial charge in [-0.3, -0.25) is 5.10 Å². The molecular formula is C10H17N3O3S. The number of rotatable bonds is 2. The Morgan fingerprint density at radius 2 is 2.29 bits per heavy atom. The zero-order valence-electron chi connectivity index (χ0n) is 9.92. The number of aliphatic hydroxyl groups is 1. The van der Waals surface area contributed by atoms with Gasteiger partial charge < -0.3 is 5.11 Å². The Kier molecular flexibility index (Phi) is 3.24. The molecule has 0 spiro atoms. The van der Waals surface area contributed by atoms with E-state index in [1.165, 1.54) is 10.5 Å². The largest absolute Gasteiger partial charge is 0.393 e. The molecule has 0 aliphatic carbocycles. The molecule has 0 radical (unpaired) electrons. The van der Waals surface area contributed by atoms with Crippen LogP contribution in [0.25, 0.3) is 0 Å².